The number of halogens is 1. The van der Waals surface area contributed by atoms with Crippen LogP contribution >= 0.6 is 23.4 Å². The Bertz CT molecular complexity index is 877. The van der Waals surface area contributed by atoms with Gasteiger partial charge in [0.1, 0.15) is 11.8 Å². The molecule has 1 atom stereocenters. The summed E-state index contributed by atoms with van der Waals surface area (Å²) in [6, 6.07) is 16.0. The summed E-state index contributed by atoms with van der Waals surface area (Å²) in [5.41, 5.74) is 1.07. The van der Waals surface area contributed by atoms with Gasteiger partial charge in [-0.3, -0.25) is 14.7 Å². The Morgan fingerprint density at radius 1 is 1.35 bits per heavy atom. The second-order valence-corrected chi connectivity index (χ2v) is 7.10. The molecule has 132 valence electrons. The van der Waals surface area contributed by atoms with Crippen molar-refractivity contribution in [1.29, 1.82) is 5.26 Å². The molecule has 2 aromatic rings. The van der Waals surface area contributed by atoms with E-state index in [2.05, 4.69) is 11.1 Å². The third kappa shape index (κ3) is 4.18. The number of nitriles is 1. The van der Waals surface area contributed by atoms with Gasteiger partial charge in [-0.25, -0.2) is 0 Å². The molecule has 0 aromatic heterocycles. The van der Waals surface area contributed by atoms with Crippen molar-refractivity contribution < 1.29 is 9.53 Å². The zero-order valence-corrected chi connectivity index (χ0v) is 15.6. The minimum atomic E-state index is -0.264. The van der Waals surface area contributed by atoms with Crippen LogP contribution in [0.2, 0.25) is 5.02 Å². The van der Waals surface area contributed by atoms with Gasteiger partial charge < -0.3 is 4.74 Å². The van der Waals surface area contributed by atoms with Gasteiger partial charge >= 0.3 is 0 Å². The number of hydrogen-bond donors (Lipinski definition) is 0. The highest BCUT2D eigenvalue weighted by atomic mass is 35.5. The molecule has 7 heteroatoms. The highest BCUT2D eigenvalue weighted by Gasteiger charge is 2.27. The fourth-order valence-corrected chi connectivity index (χ4v) is 3.60. The van der Waals surface area contributed by atoms with Crippen molar-refractivity contribution in [2.75, 3.05) is 17.3 Å². The van der Waals surface area contributed by atoms with Gasteiger partial charge in [-0.15, -0.1) is 0 Å². The van der Waals surface area contributed by atoms with E-state index in [0.29, 0.717) is 27.2 Å². The van der Waals surface area contributed by atoms with E-state index in [-0.39, 0.29) is 18.6 Å². The molecule has 1 amide bonds. The molecule has 2 aromatic carbocycles. The molecule has 1 heterocycles. The summed E-state index contributed by atoms with van der Waals surface area (Å²) in [5, 5.41) is 10.4. The van der Waals surface area contributed by atoms with Crippen LogP contribution in [0.5, 0.6) is 5.75 Å². The molecule has 0 fully saturated rings. The number of nitrogens with zero attached hydrogens (tertiary/aromatic N) is 3. The number of carbonyl (C=O) groups is 1. The van der Waals surface area contributed by atoms with Crippen LogP contribution < -0.4 is 9.64 Å². The van der Waals surface area contributed by atoms with Gasteiger partial charge in [-0.2, -0.15) is 5.26 Å². The van der Waals surface area contributed by atoms with Crippen molar-refractivity contribution in [1.82, 2.24) is 0 Å². The average molecular weight is 386 g/mol. The summed E-state index contributed by atoms with van der Waals surface area (Å²) in [6.07, 6.45) is 0. The number of para-hydroxylation sites is 1. The van der Waals surface area contributed by atoms with Crippen LogP contribution in [0.1, 0.15) is 12.5 Å². The van der Waals surface area contributed by atoms with E-state index < -0.39 is 0 Å². The summed E-state index contributed by atoms with van der Waals surface area (Å²) in [5.74, 6) is 0.944. The molecule has 0 saturated carbocycles. The maximum Gasteiger partial charge on any atom is 0.271 e. The number of benzene rings is 2. The van der Waals surface area contributed by atoms with Gasteiger partial charge in [0.2, 0.25) is 0 Å². The molecule has 0 radical (unpaired) electrons. The summed E-state index contributed by atoms with van der Waals surface area (Å²) in [6.45, 7) is 1.81. The Morgan fingerprint density at radius 3 is 2.73 bits per heavy atom. The van der Waals surface area contributed by atoms with Gasteiger partial charge in [0.25, 0.3) is 5.91 Å². The number of anilines is 1. The van der Waals surface area contributed by atoms with E-state index in [4.69, 9.17) is 21.6 Å². The van der Waals surface area contributed by atoms with Gasteiger partial charge in [0.05, 0.1) is 17.3 Å². The summed E-state index contributed by atoms with van der Waals surface area (Å²) >= 11 is 7.49. The molecule has 0 saturated heterocycles. The van der Waals surface area contributed by atoms with Gasteiger partial charge in [0, 0.05) is 10.8 Å². The topological polar surface area (TPSA) is 65.7 Å². The SMILES string of the molecule is C[C@H]1CSC(N(C(=O)COc2ccccc2C#N)c2ccc(Cl)cc2)=N1. The van der Waals surface area contributed by atoms with Crippen LogP contribution in [0.4, 0.5) is 5.69 Å². The highest BCUT2D eigenvalue weighted by Crippen LogP contribution is 2.27. The first-order chi connectivity index (χ1) is 12.6. The van der Waals surface area contributed by atoms with Crippen molar-refractivity contribution in [2.45, 2.75) is 13.0 Å². The number of rotatable bonds is 4. The van der Waals surface area contributed by atoms with E-state index in [1.807, 2.05) is 6.92 Å². The second kappa shape index (κ2) is 8.26. The number of amides is 1. The Hall–Kier alpha value is -2.49. The van der Waals surface area contributed by atoms with E-state index in [1.165, 1.54) is 11.8 Å². The van der Waals surface area contributed by atoms with Crippen LogP contribution in [-0.2, 0) is 4.79 Å². The molecule has 3 rings (SSSR count). The maximum absolute atomic E-state index is 12.9. The molecular weight excluding hydrogens is 370 g/mol. The Labute approximate surface area is 161 Å². The van der Waals surface area contributed by atoms with Gasteiger partial charge in [-0.05, 0) is 43.3 Å². The molecule has 0 bridgehead atoms. The van der Waals surface area contributed by atoms with Crippen molar-refractivity contribution in [3.8, 4) is 11.8 Å². The second-order valence-electron chi connectivity index (χ2n) is 5.67. The molecule has 0 N–H and O–H groups in total. The Balaban J connectivity index is 1.82. The highest BCUT2D eigenvalue weighted by molar-refractivity contribution is 8.14. The minimum Gasteiger partial charge on any atom is -0.482 e. The molecule has 0 unspecified atom stereocenters. The molecule has 5 nitrogen and oxygen atoms in total. The van der Waals surface area contributed by atoms with Crippen LogP contribution in [0, 0.1) is 11.3 Å². The van der Waals surface area contributed by atoms with E-state index >= 15 is 0 Å². The van der Waals surface area contributed by atoms with Crippen LogP contribution in [0.25, 0.3) is 0 Å². The number of hydrogen-bond acceptors (Lipinski definition) is 5. The monoisotopic (exact) mass is 385 g/mol. The number of carbonyl (C=O) groups excluding carboxylic acids is 1. The molecule has 0 aliphatic carbocycles. The molecule has 1 aliphatic heterocycles. The number of thioether (sulfide) groups is 1. The van der Waals surface area contributed by atoms with Crippen molar-refractivity contribution in [3.05, 3.63) is 59.1 Å². The molecular formula is C19H16ClN3O2S. The molecule has 1 aliphatic rings. The molecule has 0 spiro atoms. The maximum atomic E-state index is 12.9. The lowest BCUT2D eigenvalue weighted by Gasteiger charge is -2.22. The lowest BCUT2D eigenvalue weighted by atomic mass is 10.2. The predicted molar refractivity (Wildman–Crippen MR) is 105 cm³/mol. The smallest absolute Gasteiger partial charge is 0.271 e. The molecule has 26 heavy (non-hydrogen) atoms. The fraction of sp³-hybridized carbons (Fsp3) is 0.211. The lowest BCUT2D eigenvalue weighted by molar-refractivity contribution is -0.119. The fourth-order valence-electron chi connectivity index (χ4n) is 2.42. The Morgan fingerprint density at radius 2 is 2.08 bits per heavy atom. The predicted octanol–water partition coefficient (Wildman–Crippen LogP) is 4.11. The van der Waals surface area contributed by atoms with Crippen molar-refractivity contribution in [3.63, 3.8) is 0 Å². The van der Waals surface area contributed by atoms with Gasteiger partial charge in [0.15, 0.2) is 11.8 Å². The van der Waals surface area contributed by atoms with E-state index in [9.17, 15) is 4.79 Å². The third-order valence-corrected chi connectivity index (χ3v) is 5.12. The number of amidine groups is 1. The van der Waals surface area contributed by atoms with Crippen molar-refractivity contribution in [2.24, 2.45) is 4.99 Å². The standard InChI is InChI=1S/C19H16ClN3O2S/c1-13-12-26-19(22-13)23(16-8-6-15(20)7-9-16)18(24)11-25-17-5-3-2-4-14(17)10-21/h2-9,13H,11-12H2,1H3/t13-/m0/s1. The lowest BCUT2D eigenvalue weighted by Crippen LogP contribution is -2.38. The zero-order chi connectivity index (χ0) is 18.5. The largest absolute Gasteiger partial charge is 0.482 e. The first kappa shape index (κ1) is 18.3. The van der Waals surface area contributed by atoms with Gasteiger partial charge in [-0.1, -0.05) is 35.5 Å². The minimum absolute atomic E-state index is 0.151. The average Bonchev–Trinajstić information content (AvgIpc) is 3.08. The number of ether oxygens (including phenoxy) is 1. The third-order valence-electron chi connectivity index (χ3n) is 3.67. The summed E-state index contributed by atoms with van der Waals surface area (Å²) in [4.78, 5) is 19.0. The van der Waals surface area contributed by atoms with E-state index in [1.54, 1.807) is 53.4 Å². The summed E-state index contributed by atoms with van der Waals surface area (Å²) < 4.78 is 5.60. The first-order valence-electron chi connectivity index (χ1n) is 7.99. The Kier molecular flexibility index (Phi) is 5.82. The zero-order valence-electron chi connectivity index (χ0n) is 14.1. The normalized spacial score (nSPS) is 15.9. The first-order valence-corrected chi connectivity index (χ1v) is 9.36. The van der Waals surface area contributed by atoms with Crippen LogP contribution in [-0.4, -0.2) is 29.5 Å². The van der Waals surface area contributed by atoms with E-state index in [0.717, 1.165) is 5.75 Å². The number of aliphatic imine (C=N–C) groups is 1. The summed E-state index contributed by atoms with van der Waals surface area (Å²) in [7, 11) is 0. The van der Waals surface area contributed by atoms with Crippen molar-refractivity contribution >= 4 is 40.1 Å². The van der Waals surface area contributed by atoms with Crippen LogP contribution in [0.3, 0.4) is 0 Å². The van der Waals surface area contributed by atoms with Crippen LogP contribution in [0.15, 0.2) is 53.5 Å². The quantitative estimate of drug-likeness (QED) is 0.794.